The fourth-order valence-corrected chi connectivity index (χ4v) is 2.83. The summed E-state index contributed by atoms with van der Waals surface area (Å²) in [4.78, 5) is 19.5. The highest BCUT2D eigenvalue weighted by Gasteiger charge is 2.20. The first kappa shape index (κ1) is 14.8. The molecule has 0 saturated heterocycles. The van der Waals surface area contributed by atoms with Crippen LogP contribution in [0.4, 0.5) is 5.82 Å². The minimum atomic E-state index is -0.455. The molecule has 0 aliphatic heterocycles. The van der Waals surface area contributed by atoms with Crippen molar-refractivity contribution in [1.82, 2.24) is 9.97 Å². The van der Waals surface area contributed by atoms with E-state index in [-0.39, 0.29) is 5.69 Å². The van der Waals surface area contributed by atoms with Gasteiger partial charge in [-0.2, -0.15) is 0 Å². The Kier molecular flexibility index (Phi) is 5.32. The Morgan fingerprint density at radius 2 is 2.05 bits per heavy atom. The van der Waals surface area contributed by atoms with Gasteiger partial charge in [-0.1, -0.05) is 19.8 Å². The fourth-order valence-electron chi connectivity index (χ4n) is 2.83. The monoisotopic (exact) mass is 277 g/mol. The van der Waals surface area contributed by atoms with Crippen molar-refractivity contribution in [2.24, 2.45) is 5.92 Å². The maximum absolute atomic E-state index is 11.3. The number of anilines is 1. The number of carbonyl (C=O) groups is 1. The average Bonchev–Trinajstić information content (AvgIpc) is 2.49. The van der Waals surface area contributed by atoms with E-state index in [9.17, 15) is 4.79 Å². The second-order valence-corrected chi connectivity index (χ2v) is 5.43. The molecule has 1 saturated carbocycles. The Labute approximate surface area is 120 Å². The van der Waals surface area contributed by atoms with E-state index in [4.69, 9.17) is 0 Å². The number of aromatic nitrogens is 2. The zero-order valence-electron chi connectivity index (χ0n) is 12.3. The molecule has 5 nitrogen and oxygen atoms in total. The number of ether oxygens (including phenoxy) is 1. The first-order chi connectivity index (χ1) is 9.72. The van der Waals surface area contributed by atoms with Gasteiger partial charge in [0.2, 0.25) is 0 Å². The topological polar surface area (TPSA) is 64.1 Å². The number of nitrogens with zero attached hydrogens (tertiary/aromatic N) is 2. The minimum Gasteiger partial charge on any atom is -0.464 e. The summed E-state index contributed by atoms with van der Waals surface area (Å²) >= 11 is 0. The van der Waals surface area contributed by atoms with E-state index < -0.39 is 5.97 Å². The lowest BCUT2D eigenvalue weighted by molar-refractivity contribution is 0.0593. The molecule has 5 heteroatoms. The lowest BCUT2D eigenvalue weighted by atomic mass is 9.83. The third kappa shape index (κ3) is 3.92. The van der Waals surface area contributed by atoms with E-state index >= 15 is 0 Å². The summed E-state index contributed by atoms with van der Waals surface area (Å²) in [7, 11) is 1.34. The van der Waals surface area contributed by atoms with Crippen LogP contribution in [0, 0.1) is 5.92 Å². The normalized spacial score (nSPS) is 22.3. The van der Waals surface area contributed by atoms with Gasteiger partial charge in [0, 0.05) is 6.04 Å². The Morgan fingerprint density at radius 1 is 1.30 bits per heavy atom. The van der Waals surface area contributed by atoms with E-state index in [1.807, 2.05) is 0 Å². The Bertz CT molecular complexity index is 425. The van der Waals surface area contributed by atoms with Crippen molar-refractivity contribution in [1.29, 1.82) is 0 Å². The summed E-state index contributed by atoms with van der Waals surface area (Å²) in [5.74, 6) is 1.17. The summed E-state index contributed by atoms with van der Waals surface area (Å²) in [6.07, 6.45) is 10.6. The lowest BCUT2D eigenvalue weighted by Crippen LogP contribution is -2.26. The second-order valence-electron chi connectivity index (χ2n) is 5.43. The predicted molar refractivity (Wildman–Crippen MR) is 77.6 cm³/mol. The molecular weight excluding hydrogens is 254 g/mol. The molecule has 1 aromatic rings. The maximum Gasteiger partial charge on any atom is 0.358 e. The molecule has 0 radical (unpaired) electrons. The number of hydrogen-bond donors (Lipinski definition) is 1. The van der Waals surface area contributed by atoms with Crippen molar-refractivity contribution < 1.29 is 9.53 Å². The van der Waals surface area contributed by atoms with Crippen molar-refractivity contribution in [3.05, 3.63) is 18.1 Å². The minimum absolute atomic E-state index is 0.240. The van der Waals surface area contributed by atoms with Gasteiger partial charge < -0.3 is 10.1 Å². The number of esters is 1. The Hall–Kier alpha value is -1.65. The number of nitrogens with one attached hydrogen (secondary N) is 1. The van der Waals surface area contributed by atoms with E-state index in [0.29, 0.717) is 6.04 Å². The first-order valence-electron chi connectivity index (χ1n) is 7.39. The zero-order valence-corrected chi connectivity index (χ0v) is 12.3. The fraction of sp³-hybridized carbons (Fsp3) is 0.667. The highest BCUT2D eigenvalue weighted by atomic mass is 16.5. The summed E-state index contributed by atoms with van der Waals surface area (Å²) < 4.78 is 4.60. The maximum atomic E-state index is 11.3. The average molecular weight is 277 g/mol. The summed E-state index contributed by atoms with van der Waals surface area (Å²) in [5.41, 5.74) is 0.240. The van der Waals surface area contributed by atoms with Gasteiger partial charge in [-0.15, -0.1) is 0 Å². The zero-order chi connectivity index (χ0) is 14.4. The van der Waals surface area contributed by atoms with Gasteiger partial charge in [0.25, 0.3) is 0 Å². The summed E-state index contributed by atoms with van der Waals surface area (Å²) in [6, 6.07) is 0.474. The third-order valence-corrected chi connectivity index (χ3v) is 3.94. The van der Waals surface area contributed by atoms with Crippen LogP contribution in [-0.2, 0) is 4.74 Å². The number of methoxy groups -OCH3 is 1. The summed E-state index contributed by atoms with van der Waals surface area (Å²) in [5, 5.41) is 3.40. The molecule has 1 heterocycles. The lowest BCUT2D eigenvalue weighted by Gasteiger charge is -2.29. The van der Waals surface area contributed by atoms with Gasteiger partial charge in [0.1, 0.15) is 5.82 Å². The highest BCUT2D eigenvalue weighted by Crippen LogP contribution is 2.29. The van der Waals surface area contributed by atoms with Crippen molar-refractivity contribution in [2.75, 3.05) is 12.4 Å². The molecule has 0 unspecified atom stereocenters. The largest absolute Gasteiger partial charge is 0.464 e. The molecule has 0 amide bonds. The molecule has 1 aromatic heterocycles. The Morgan fingerprint density at radius 3 is 2.60 bits per heavy atom. The molecule has 1 aliphatic carbocycles. The van der Waals surface area contributed by atoms with E-state index in [2.05, 4.69) is 26.9 Å². The van der Waals surface area contributed by atoms with Crippen LogP contribution in [-0.4, -0.2) is 29.1 Å². The van der Waals surface area contributed by atoms with Crippen molar-refractivity contribution in [3.8, 4) is 0 Å². The van der Waals surface area contributed by atoms with Gasteiger partial charge in [-0.25, -0.2) is 14.8 Å². The van der Waals surface area contributed by atoms with E-state index in [1.165, 1.54) is 51.8 Å². The number of hydrogen-bond acceptors (Lipinski definition) is 5. The van der Waals surface area contributed by atoms with Gasteiger partial charge in [0.05, 0.1) is 19.5 Å². The van der Waals surface area contributed by atoms with Crippen molar-refractivity contribution in [3.63, 3.8) is 0 Å². The Balaban J connectivity index is 1.84. The first-order valence-corrected chi connectivity index (χ1v) is 7.39. The summed E-state index contributed by atoms with van der Waals surface area (Å²) in [6.45, 7) is 2.25. The van der Waals surface area contributed by atoms with Crippen LogP contribution in [0.2, 0.25) is 0 Å². The van der Waals surface area contributed by atoms with Crippen LogP contribution in [0.1, 0.15) is 55.9 Å². The van der Waals surface area contributed by atoms with Crippen LogP contribution in [0.5, 0.6) is 0 Å². The predicted octanol–water partition coefficient (Wildman–Crippen LogP) is 3.03. The molecule has 110 valence electrons. The molecule has 1 aliphatic rings. The van der Waals surface area contributed by atoms with E-state index in [0.717, 1.165) is 11.7 Å². The van der Waals surface area contributed by atoms with Crippen LogP contribution >= 0.6 is 0 Å². The molecule has 2 rings (SSSR count). The van der Waals surface area contributed by atoms with E-state index in [1.54, 1.807) is 6.20 Å². The standard InChI is InChI=1S/C15H23N3O2/c1-3-4-11-5-7-12(8-6-11)18-14-10-16-13(9-17-14)15(19)20-2/h9-12H,3-8H2,1-2H3,(H,17,18). The molecule has 1 N–H and O–H groups in total. The molecule has 1 fully saturated rings. The van der Waals surface area contributed by atoms with Crippen LogP contribution in [0.15, 0.2) is 12.4 Å². The molecule has 20 heavy (non-hydrogen) atoms. The quantitative estimate of drug-likeness (QED) is 0.838. The third-order valence-electron chi connectivity index (χ3n) is 3.94. The molecule has 0 bridgehead atoms. The van der Waals surface area contributed by atoms with Crippen molar-refractivity contribution >= 4 is 11.8 Å². The smallest absolute Gasteiger partial charge is 0.358 e. The van der Waals surface area contributed by atoms with Gasteiger partial charge in [-0.3, -0.25) is 0 Å². The SMILES string of the molecule is CCCC1CCC(Nc2cnc(C(=O)OC)cn2)CC1. The number of carbonyl (C=O) groups excluding carboxylic acids is 1. The second kappa shape index (κ2) is 7.22. The van der Waals surface area contributed by atoms with Gasteiger partial charge >= 0.3 is 5.97 Å². The highest BCUT2D eigenvalue weighted by molar-refractivity contribution is 5.86. The van der Waals surface area contributed by atoms with Gasteiger partial charge in [-0.05, 0) is 31.6 Å². The van der Waals surface area contributed by atoms with Crippen LogP contribution in [0.25, 0.3) is 0 Å². The van der Waals surface area contributed by atoms with Gasteiger partial charge in [0.15, 0.2) is 5.69 Å². The molecule has 0 aromatic carbocycles. The molecular formula is C15H23N3O2. The molecule has 0 atom stereocenters. The van der Waals surface area contributed by atoms with Crippen LogP contribution in [0.3, 0.4) is 0 Å². The van der Waals surface area contributed by atoms with Crippen LogP contribution < -0.4 is 5.32 Å². The number of rotatable bonds is 5. The molecule has 0 spiro atoms. The van der Waals surface area contributed by atoms with Crippen molar-refractivity contribution in [2.45, 2.75) is 51.5 Å².